The predicted octanol–water partition coefficient (Wildman–Crippen LogP) is 3.79. The number of amides is 2. The number of ether oxygens (including phenoxy) is 1. The summed E-state index contributed by atoms with van der Waals surface area (Å²) in [6, 6.07) is 15.6. The van der Waals surface area contributed by atoms with Crippen molar-refractivity contribution in [3.63, 3.8) is 0 Å². The molecule has 1 aromatic heterocycles. The molecule has 6 nitrogen and oxygen atoms in total. The zero-order chi connectivity index (χ0) is 17.9. The van der Waals surface area contributed by atoms with E-state index in [1.54, 1.807) is 18.2 Å². The Kier molecular flexibility index (Phi) is 4.31. The number of carbonyl (C=O) groups excluding carboxylic acids is 1. The quantitative estimate of drug-likeness (QED) is 0.703. The van der Waals surface area contributed by atoms with Gasteiger partial charge in [0.05, 0.1) is 13.3 Å². The summed E-state index contributed by atoms with van der Waals surface area (Å²) >= 11 is 0. The molecule has 0 spiro atoms. The van der Waals surface area contributed by atoms with Crippen molar-refractivity contribution in [2.75, 3.05) is 25.1 Å². The summed E-state index contributed by atoms with van der Waals surface area (Å²) in [7, 11) is 1.64. The molecule has 0 atom stereocenters. The molecule has 2 heterocycles. The van der Waals surface area contributed by atoms with E-state index in [9.17, 15) is 4.79 Å². The van der Waals surface area contributed by atoms with Gasteiger partial charge >= 0.3 is 6.03 Å². The van der Waals surface area contributed by atoms with Crippen molar-refractivity contribution < 1.29 is 13.9 Å². The van der Waals surface area contributed by atoms with Gasteiger partial charge in [0.2, 0.25) is 0 Å². The first kappa shape index (κ1) is 16.2. The second kappa shape index (κ2) is 6.92. The van der Waals surface area contributed by atoms with Crippen LogP contribution in [0.5, 0.6) is 5.75 Å². The SMILES string of the molecule is COc1cccc(CN2CCN(c3ccc(-c4cnco4)cc3)C2=O)c1. The summed E-state index contributed by atoms with van der Waals surface area (Å²) in [5.41, 5.74) is 2.87. The summed E-state index contributed by atoms with van der Waals surface area (Å²) in [4.78, 5) is 20.3. The highest BCUT2D eigenvalue weighted by Gasteiger charge is 2.29. The van der Waals surface area contributed by atoms with Crippen molar-refractivity contribution in [1.82, 2.24) is 9.88 Å². The van der Waals surface area contributed by atoms with E-state index >= 15 is 0 Å². The lowest BCUT2D eigenvalue weighted by Crippen LogP contribution is -2.31. The van der Waals surface area contributed by atoms with Gasteiger partial charge in [0.25, 0.3) is 0 Å². The van der Waals surface area contributed by atoms with Crippen LogP contribution in [0.1, 0.15) is 5.56 Å². The van der Waals surface area contributed by atoms with Crippen LogP contribution in [0, 0.1) is 0 Å². The molecule has 0 bridgehead atoms. The van der Waals surface area contributed by atoms with Gasteiger partial charge in [-0.05, 0) is 42.0 Å². The lowest BCUT2D eigenvalue weighted by molar-refractivity contribution is 0.218. The number of benzene rings is 2. The van der Waals surface area contributed by atoms with Crippen molar-refractivity contribution in [3.8, 4) is 17.1 Å². The van der Waals surface area contributed by atoms with Crippen molar-refractivity contribution in [2.24, 2.45) is 0 Å². The van der Waals surface area contributed by atoms with E-state index in [0.29, 0.717) is 25.4 Å². The van der Waals surface area contributed by atoms with Crippen LogP contribution < -0.4 is 9.64 Å². The molecule has 0 unspecified atom stereocenters. The third kappa shape index (κ3) is 3.13. The second-order valence-corrected chi connectivity index (χ2v) is 6.12. The van der Waals surface area contributed by atoms with E-state index in [1.165, 1.54) is 6.39 Å². The first-order valence-corrected chi connectivity index (χ1v) is 8.43. The molecule has 0 saturated carbocycles. The molecule has 1 aliphatic heterocycles. The molecule has 1 fully saturated rings. The molecule has 1 aliphatic rings. The van der Waals surface area contributed by atoms with Crippen molar-refractivity contribution >= 4 is 11.7 Å². The fourth-order valence-electron chi connectivity index (χ4n) is 3.12. The first-order valence-electron chi connectivity index (χ1n) is 8.43. The molecule has 1 saturated heterocycles. The minimum atomic E-state index is 0.0141. The molecule has 4 rings (SSSR count). The number of nitrogens with zero attached hydrogens (tertiary/aromatic N) is 3. The van der Waals surface area contributed by atoms with Gasteiger partial charge in [0.15, 0.2) is 12.2 Å². The van der Waals surface area contributed by atoms with Gasteiger partial charge in [0.1, 0.15) is 5.75 Å². The van der Waals surface area contributed by atoms with Crippen molar-refractivity contribution in [3.05, 3.63) is 66.7 Å². The number of urea groups is 1. The highest BCUT2D eigenvalue weighted by Crippen LogP contribution is 2.26. The normalized spacial score (nSPS) is 14.1. The Hall–Kier alpha value is -3.28. The number of oxazole rings is 1. The highest BCUT2D eigenvalue weighted by molar-refractivity contribution is 5.94. The maximum atomic E-state index is 12.8. The van der Waals surface area contributed by atoms with Crippen LogP contribution in [-0.2, 0) is 6.54 Å². The molecule has 6 heteroatoms. The Morgan fingerprint density at radius 3 is 2.73 bits per heavy atom. The number of rotatable bonds is 5. The standard InChI is InChI=1S/C20H19N3O3/c1-25-18-4-2-3-15(11-18)13-22-9-10-23(20(22)24)17-7-5-16(6-8-17)19-12-21-14-26-19/h2-8,11-12,14H,9-10,13H2,1H3. The molecule has 2 aromatic carbocycles. The minimum Gasteiger partial charge on any atom is -0.497 e. The van der Waals surface area contributed by atoms with Crippen molar-refractivity contribution in [1.29, 1.82) is 0 Å². The molecule has 26 heavy (non-hydrogen) atoms. The lowest BCUT2D eigenvalue weighted by Gasteiger charge is -2.19. The second-order valence-electron chi connectivity index (χ2n) is 6.12. The van der Waals surface area contributed by atoms with Gasteiger partial charge in [-0.3, -0.25) is 4.90 Å². The number of aromatic nitrogens is 1. The average molecular weight is 349 g/mol. The molecule has 0 N–H and O–H groups in total. The maximum Gasteiger partial charge on any atom is 0.324 e. The van der Waals surface area contributed by atoms with Crippen LogP contribution in [0.25, 0.3) is 11.3 Å². The van der Waals surface area contributed by atoms with Gasteiger partial charge in [-0.15, -0.1) is 0 Å². The Labute approximate surface area is 151 Å². The Morgan fingerprint density at radius 2 is 2.00 bits per heavy atom. The van der Waals surface area contributed by atoms with Gasteiger partial charge in [-0.2, -0.15) is 0 Å². The molecular formula is C20H19N3O3. The first-order chi connectivity index (χ1) is 12.7. The van der Waals surface area contributed by atoms with Crippen LogP contribution >= 0.6 is 0 Å². The van der Waals surface area contributed by atoms with E-state index in [2.05, 4.69) is 4.98 Å². The average Bonchev–Trinajstić information content (AvgIpc) is 3.33. The third-order valence-corrected chi connectivity index (χ3v) is 4.50. The summed E-state index contributed by atoms with van der Waals surface area (Å²) in [6.07, 6.45) is 3.08. The highest BCUT2D eigenvalue weighted by atomic mass is 16.5. The minimum absolute atomic E-state index is 0.0141. The van der Waals surface area contributed by atoms with Crippen LogP contribution in [0.15, 0.2) is 65.5 Å². The van der Waals surface area contributed by atoms with E-state index in [4.69, 9.17) is 9.15 Å². The predicted molar refractivity (Wildman–Crippen MR) is 98.1 cm³/mol. The molecule has 2 amide bonds. The lowest BCUT2D eigenvalue weighted by atomic mass is 10.1. The largest absolute Gasteiger partial charge is 0.497 e. The summed E-state index contributed by atoms with van der Waals surface area (Å²) < 4.78 is 10.6. The Bertz CT molecular complexity index is 891. The zero-order valence-corrected chi connectivity index (χ0v) is 14.5. The number of hydrogen-bond acceptors (Lipinski definition) is 4. The molecular weight excluding hydrogens is 330 g/mol. The van der Waals surface area contributed by atoms with Gasteiger partial charge < -0.3 is 14.1 Å². The number of methoxy groups -OCH3 is 1. The van der Waals surface area contributed by atoms with Crippen LogP contribution in [0.3, 0.4) is 0 Å². The van der Waals surface area contributed by atoms with E-state index in [0.717, 1.165) is 22.6 Å². The molecule has 132 valence electrons. The van der Waals surface area contributed by atoms with Crippen LogP contribution in [0.4, 0.5) is 10.5 Å². The molecule has 3 aromatic rings. The summed E-state index contributed by atoms with van der Waals surface area (Å²) in [6.45, 7) is 1.94. The van der Waals surface area contributed by atoms with Crippen LogP contribution in [-0.4, -0.2) is 36.1 Å². The van der Waals surface area contributed by atoms with Gasteiger partial charge in [-0.25, -0.2) is 9.78 Å². The van der Waals surface area contributed by atoms with E-state index in [-0.39, 0.29) is 6.03 Å². The monoisotopic (exact) mass is 349 g/mol. The fraction of sp³-hybridized carbons (Fsp3) is 0.200. The fourth-order valence-corrected chi connectivity index (χ4v) is 3.12. The van der Waals surface area contributed by atoms with Gasteiger partial charge in [-0.1, -0.05) is 12.1 Å². The summed E-state index contributed by atoms with van der Waals surface area (Å²) in [5, 5.41) is 0. The van der Waals surface area contributed by atoms with Crippen molar-refractivity contribution in [2.45, 2.75) is 6.54 Å². The number of anilines is 1. The Balaban J connectivity index is 1.46. The topological polar surface area (TPSA) is 58.8 Å². The van der Waals surface area contributed by atoms with E-state index < -0.39 is 0 Å². The summed E-state index contributed by atoms with van der Waals surface area (Å²) in [5.74, 6) is 1.51. The zero-order valence-electron chi connectivity index (χ0n) is 14.5. The molecule has 0 aliphatic carbocycles. The number of hydrogen-bond donors (Lipinski definition) is 0. The smallest absolute Gasteiger partial charge is 0.324 e. The van der Waals surface area contributed by atoms with Gasteiger partial charge in [0, 0.05) is 30.9 Å². The maximum absolute atomic E-state index is 12.8. The molecule has 0 radical (unpaired) electrons. The third-order valence-electron chi connectivity index (χ3n) is 4.50. The number of carbonyl (C=O) groups is 1. The van der Waals surface area contributed by atoms with E-state index in [1.807, 2.05) is 53.4 Å². The van der Waals surface area contributed by atoms with Crippen LogP contribution in [0.2, 0.25) is 0 Å². The Morgan fingerprint density at radius 1 is 1.15 bits per heavy atom.